The summed E-state index contributed by atoms with van der Waals surface area (Å²) in [5, 5.41) is 2.56. The fourth-order valence-electron chi connectivity index (χ4n) is 3.38. The minimum Gasteiger partial charge on any atom is -0.449 e. The van der Waals surface area contributed by atoms with Crippen molar-refractivity contribution in [1.29, 1.82) is 0 Å². The number of fused-ring (bicyclic) bond motifs is 2. The molecule has 0 bridgehead atoms. The molecule has 154 valence electrons. The van der Waals surface area contributed by atoms with Gasteiger partial charge in [0.2, 0.25) is 0 Å². The predicted molar refractivity (Wildman–Crippen MR) is 110 cm³/mol. The molecule has 1 aliphatic carbocycles. The van der Waals surface area contributed by atoms with Gasteiger partial charge in [0.15, 0.2) is 17.7 Å². The highest BCUT2D eigenvalue weighted by molar-refractivity contribution is 6.30. The van der Waals surface area contributed by atoms with Crippen LogP contribution in [0.25, 0.3) is 0 Å². The number of halogens is 1. The maximum atomic E-state index is 13.3. The molecule has 0 heterocycles. The summed E-state index contributed by atoms with van der Waals surface area (Å²) >= 11 is 0. The average molecular weight is 417 g/mol. The van der Waals surface area contributed by atoms with Crippen LogP contribution in [0.1, 0.15) is 49.1 Å². The van der Waals surface area contributed by atoms with Gasteiger partial charge in [-0.15, -0.1) is 0 Å². The van der Waals surface area contributed by atoms with Crippen LogP contribution in [0, 0.1) is 5.82 Å². The van der Waals surface area contributed by atoms with E-state index < -0.39 is 23.8 Å². The van der Waals surface area contributed by atoms with Crippen molar-refractivity contribution in [3.8, 4) is 0 Å². The lowest BCUT2D eigenvalue weighted by molar-refractivity contribution is -0.123. The summed E-state index contributed by atoms with van der Waals surface area (Å²) in [5.74, 6) is -2.86. The Morgan fingerprint density at radius 3 is 2.23 bits per heavy atom. The van der Waals surface area contributed by atoms with Crippen LogP contribution in [0.3, 0.4) is 0 Å². The molecule has 1 aliphatic rings. The topological polar surface area (TPSA) is 89.5 Å². The Morgan fingerprint density at radius 1 is 0.871 bits per heavy atom. The number of rotatable bonds is 4. The van der Waals surface area contributed by atoms with Gasteiger partial charge in [-0.1, -0.05) is 42.5 Å². The van der Waals surface area contributed by atoms with Gasteiger partial charge < -0.3 is 10.1 Å². The Bertz CT molecular complexity index is 1250. The summed E-state index contributed by atoms with van der Waals surface area (Å²) in [6.07, 6.45) is -1.23. The van der Waals surface area contributed by atoms with Gasteiger partial charge in [-0.25, -0.2) is 9.18 Å². The lowest BCUT2D eigenvalue weighted by Gasteiger charge is -2.21. The van der Waals surface area contributed by atoms with Crippen LogP contribution in [0.15, 0.2) is 66.7 Å². The number of anilines is 1. The van der Waals surface area contributed by atoms with Gasteiger partial charge in [0.1, 0.15) is 5.82 Å². The fourth-order valence-corrected chi connectivity index (χ4v) is 3.38. The van der Waals surface area contributed by atoms with Gasteiger partial charge >= 0.3 is 5.97 Å². The lowest BCUT2D eigenvalue weighted by atomic mass is 9.83. The molecule has 6 nitrogen and oxygen atoms in total. The molecule has 0 aliphatic heterocycles. The Kier molecular flexibility index (Phi) is 5.17. The average Bonchev–Trinajstić information content (AvgIpc) is 2.77. The second-order valence-corrected chi connectivity index (χ2v) is 6.98. The van der Waals surface area contributed by atoms with E-state index in [1.807, 2.05) is 0 Å². The van der Waals surface area contributed by atoms with Crippen molar-refractivity contribution in [2.75, 3.05) is 5.32 Å². The minimum absolute atomic E-state index is 0.0332. The van der Waals surface area contributed by atoms with Crippen LogP contribution >= 0.6 is 0 Å². The van der Waals surface area contributed by atoms with Crippen LogP contribution in [-0.2, 0) is 9.53 Å². The number of benzene rings is 3. The minimum atomic E-state index is -1.23. The van der Waals surface area contributed by atoms with Gasteiger partial charge in [0, 0.05) is 16.7 Å². The predicted octanol–water partition coefficient (Wildman–Crippen LogP) is 3.79. The van der Waals surface area contributed by atoms with Gasteiger partial charge in [0.25, 0.3) is 5.91 Å². The van der Waals surface area contributed by atoms with Gasteiger partial charge in [-0.05, 0) is 31.2 Å². The number of ketones is 2. The number of esters is 1. The molecule has 0 spiro atoms. The highest BCUT2D eigenvalue weighted by Crippen LogP contribution is 2.32. The molecular weight excluding hydrogens is 401 g/mol. The molecule has 0 aromatic heterocycles. The maximum Gasteiger partial charge on any atom is 0.339 e. The van der Waals surface area contributed by atoms with E-state index in [9.17, 15) is 23.6 Å². The summed E-state index contributed by atoms with van der Waals surface area (Å²) in [4.78, 5) is 50.6. The summed E-state index contributed by atoms with van der Waals surface area (Å²) in [6, 6.07) is 15.9. The smallest absolute Gasteiger partial charge is 0.339 e. The zero-order valence-electron chi connectivity index (χ0n) is 16.3. The summed E-state index contributed by atoms with van der Waals surface area (Å²) < 4.78 is 18.4. The number of carbonyl (C=O) groups excluding carboxylic acids is 4. The third-order valence-corrected chi connectivity index (χ3v) is 4.92. The van der Waals surface area contributed by atoms with Crippen molar-refractivity contribution in [3.05, 3.63) is 100 Å². The number of ether oxygens (including phenoxy) is 1. The number of carbonyl (C=O) groups is 4. The monoisotopic (exact) mass is 417 g/mol. The zero-order valence-corrected chi connectivity index (χ0v) is 16.3. The van der Waals surface area contributed by atoms with E-state index in [4.69, 9.17) is 4.74 Å². The molecule has 4 rings (SSSR count). The Labute approximate surface area is 176 Å². The van der Waals surface area contributed by atoms with Gasteiger partial charge in [0.05, 0.1) is 16.8 Å². The summed E-state index contributed by atoms with van der Waals surface area (Å²) in [7, 11) is 0. The Morgan fingerprint density at radius 2 is 1.52 bits per heavy atom. The highest BCUT2D eigenvalue weighted by atomic mass is 19.1. The van der Waals surface area contributed by atoms with Gasteiger partial charge in [-0.2, -0.15) is 0 Å². The molecule has 1 unspecified atom stereocenters. The first kappa shape index (κ1) is 20.2. The molecular formula is C24H16FNO5. The summed E-state index contributed by atoms with van der Waals surface area (Å²) in [5.41, 5.74) is 0.945. The van der Waals surface area contributed by atoms with Crippen molar-refractivity contribution in [3.63, 3.8) is 0 Å². The quantitative estimate of drug-likeness (QED) is 0.511. The fraction of sp³-hybridized carbons (Fsp3) is 0.0833. The van der Waals surface area contributed by atoms with E-state index in [1.54, 1.807) is 30.3 Å². The molecule has 0 fully saturated rings. The van der Waals surface area contributed by atoms with Gasteiger partial charge in [-0.3, -0.25) is 14.4 Å². The second-order valence-electron chi connectivity index (χ2n) is 6.98. The van der Waals surface area contributed by atoms with E-state index in [0.717, 1.165) is 6.07 Å². The molecule has 31 heavy (non-hydrogen) atoms. The first-order valence-corrected chi connectivity index (χ1v) is 9.45. The highest BCUT2D eigenvalue weighted by Gasteiger charge is 2.32. The Hall–Kier alpha value is -4.13. The zero-order chi connectivity index (χ0) is 22.1. The third-order valence-electron chi connectivity index (χ3n) is 4.92. The molecule has 0 saturated heterocycles. The van der Waals surface area contributed by atoms with Crippen molar-refractivity contribution in [2.24, 2.45) is 0 Å². The van der Waals surface area contributed by atoms with E-state index in [0.29, 0.717) is 5.56 Å². The van der Waals surface area contributed by atoms with Crippen molar-refractivity contribution in [2.45, 2.75) is 13.0 Å². The molecule has 1 atom stereocenters. The molecule has 3 aromatic carbocycles. The van der Waals surface area contributed by atoms with E-state index >= 15 is 0 Å². The van der Waals surface area contributed by atoms with Crippen LogP contribution in [-0.4, -0.2) is 29.5 Å². The van der Waals surface area contributed by atoms with E-state index in [1.165, 1.54) is 37.3 Å². The first-order chi connectivity index (χ1) is 14.9. The SMILES string of the molecule is CC(OC(=O)c1cccc(F)c1)C(=O)Nc1cccc2c1C(=O)c1ccccc1C2=O. The van der Waals surface area contributed by atoms with E-state index in [-0.39, 0.29) is 39.5 Å². The van der Waals surface area contributed by atoms with Crippen LogP contribution in [0.5, 0.6) is 0 Å². The Balaban J connectivity index is 1.56. The molecule has 1 N–H and O–H groups in total. The number of nitrogens with one attached hydrogen (secondary N) is 1. The van der Waals surface area contributed by atoms with Crippen LogP contribution in [0.2, 0.25) is 0 Å². The normalized spacial score (nSPS) is 13.1. The number of hydrogen-bond donors (Lipinski definition) is 1. The van der Waals surface area contributed by atoms with E-state index in [2.05, 4.69) is 5.32 Å². The number of hydrogen-bond acceptors (Lipinski definition) is 5. The maximum absolute atomic E-state index is 13.3. The lowest BCUT2D eigenvalue weighted by Crippen LogP contribution is -2.31. The number of amides is 1. The van der Waals surface area contributed by atoms with Crippen molar-refractivity contribution in [1.82, 2.24) is 0 Å². The molecule has 0 saturated carbocycles. The molecule has 7 heteroatoms. The molecule has 0 radical (unpaired) electrons. The third kappa shape index (κ3) is 3.73. The van der Waals surface area contributed by atoms with Crippen LogP contribution in [0.4, 0.5) is 10.1 Å². The second kappa shape index (κ2) is 7.95. The van der Waals surface area contributed by atoms with Crippen molar-refractivity contribution >= 4 is 29.1 Å². The largest absolute Gasteiger partial charge is 0.449 e. The summed E-state index contributed by atoms with van der Waals surface area (Å²) in [6.45, 7) is 1.35. The molecule has 3 aromatic rings. The standard InChI is InChI=1S/C24H16FNO5/c1-13(31-24(30)14-6-4-7-15(25)12-14)23(29)26-19-11-5-10-18-20(19)22(28)17-9-3-2-8-16(17)21(18)27/h2-13H,1H3,(H,26,29). The molecule has 1 amide bonds. The van der Waals surface area contributed by atoms with Crippen molar-refractivity contribution < 1.29 is 28.3 Å². The first-order valence-electron chi connectivity index (χ1n) is 9.45. The van der Waals surface area contributed by atoms with Crippen LogP contribution < -0.4 is 5.32 Å².